The Labute approximate surface area is 157 Å². The monoisotopic (exact) mass is 382 g/mol. The number of amides is 1. The van der Waals surface area contributed by atoms with Crippen molar-refractivity contribution in [2.75, 3.05) is 0 Å². The van der Waals surface area contributed by atoms with Crippen LogP contribution in [-0.4, -0.2) is 20.5 Å². The number of carbonyl (C=O) groups excluding carboxylic acids is 1. The topological polar surface area (TPSA) is 59.3 Å². The van der Waals surface area contributed by atoms with Crippen molar-refractivity contribution in [3.05, 3.63) is 89.4 Å². The van der Waals surface area contributed by atoms with E-state index in [9.17, 15) is 18.0 Å². The summed E-state index contributed by atoms with van der Waals surface area (Å²) in [4.78, 5) is 12.3. The molecule has 0 aliphatic carbocycles. The zero-order valence-electron chi connectivity index (χ0n) is 14.4. The summed E-state index contributed by atoms with van der Waals surface area (Å²) in [6.07, 6.45) is 1.53. The third-order valence-corrected chi connectivity index (χ3v) is 4.19. The van der Waals surface area contributed by atoms with Crippen LogP contribution in [0.15, 0.2) is 60.8 Å². The highest BCUT2D eigenvalue weighted by molar-refractivity contribution is 5.95. The highest BCUT2D eigenvalue weighted by Crippen LogP contribution is 2.21. The standard InChI is InChI=1S/C20H13F3N4O/c21-15-7-14(8-16(22)10-15)19-26-25-18-9-12(5-6-27(18)19)20(28)24-11-13-3-1-2-4-17(13)23/h1-10H,11H2,(H,24,28). The lowest BCUT2D eigenvalue weighted by Gasteiger charge is -2.07. The molecule has 4 aromatic rings. The fourth-order valence-electron chi connectivity index (χ4n) is 2.83. The molecule has 0 aliphatic heterocycles. The Morgan fingerprint density at radius 3 is 2.46 bits per heavy atom. The first-order valence-corrected chi connectivity index (χ1v) is 8.34. The molecule has 2 heterocycles. The van der Waals surface area contributed by atoms with Gasteiger partial charge in [0.25, 0.3) is 5.91 Å². The molecule has 0 aliphatic rings. The summed E-state index contributed by atoms with van der Waals surface area (Å²) in [5.74, 6) is -2.02. The van der Waals surface area contributed by atoms with Crippen LogP contribution in [0.4, 0.5) is 13.2 Å². The molecule has 0 spiro atoms. The number of fused-ring (bicyclic) bond motifs is 1. The summed E-state index contributed by atoms with van der Waals surface area (Å²) in [6.45, 7) is 0.0389. The zero-order chi connectivity index (χ0) is 19.7. The van der Waals surface area contributed by atoms with Gasteiger partial charge in [-0.15, -0.1) is 10.2 Å². The molecular weight excluding hydrogens is 369 g/mol. The maximum absolute atomic E-state index is 13.6. The second-order valence-corrected chi connectivity index (χ2v) is 6.10. The van der Waals surface area contributed by atoms with Crippen molar-refractivity contribution < 1.29 is 18.0 Å². The Morgan fingerprint density at radius 2 is 1.71 bits per heavy atom. The first kappa shape index (κ1) is 17.7. The van der Waals surface area contributed by atoms with Gasteiger partial charge in [0.2, 0.25) is 0 Å². The number of nitrogens with zero attached hydrogens (tertiary/aromatic N) is 3. The largest absolute Gasteiger partial charge is 0.348 e. The summed E-state index contributed by atoms with van der Waals surface area (Å²) in [7, 11) is 0. The first-order chi connectivity index (χ1) is 13.5. The molecule has 4 rings (SSSR count). The van der Waals surface area contributed by atoms with Crippen LogP contribution < -0.4 is 5.32 Å². The van der Waals surface area contributed by atoms with Crippen molar-refractivity contribution in [3.8, 4) is 11.4 Å². The van der Waals surface area contributed by atoms with Crippen molar-refractivity contribution >= 4 is 11.6 Å². The molecule has 28 heavy (non-hydrogen) atoms. The average Bonchev–Trinajstić information content (AvgIpc) is 3.09. The molecule has 0 atom stereocenters. The number of rotatable bonds is 4. The molecule has 0 fully saturated rings. The van der Waals surface area contributed by atoms with Gasteiger partial charge in [-0.05, 0) is 30.3 Å². The highest BCUT2D eigenvalue weighted by atomic mass is 19.1. The molecule has 0 unspecified atom stereocenters. The maximum atomic E-state index is 13.6. The van der Waals surface area contributed by atoms with Crippen LogP contribution in [0.1, 0.15) is 15.9 Å². The number of nitrogens with one attached hydrogen (secondary N) is 1. The van der Waals surface area contributed by atoms with E-state index < -0.39 is 23.4 Å². The Hall–Kier alpha value is -3.68. The van der Waals surface area contributed by atoms with Gasteiger partial charge in [0.1, 0.15) is 17.5 Å². The molecule has 1 amide bonds. The summed E-state index contributed by atoms with van der Waals surface area (Å²) < 4.78 is 42.1. The fraction of sp³-hybridized carbons (Fsp3) is 0.0500. The normalized spacial score (nSPS) is 11.0. The van der Waals surface area contributed by atoms with Gasteiger partial charge in [0.05, 0.1) is 0 Å². The predicted molar refractivity (Wildman–Crippen MR) is 95.9 cm³/mol. The number of hydrogen-bond acceptors (Lipinski definition) is 3. The molecule has 140 valence electrons. The van der Waals surface area contributed by atoms with Crippen molar-refractivity contribution in [2.24, 2.45) is 0 Å². The predicted octanol–water partition coefficient (Wildman–Crippen LogP) is 3.74. The molecule has 0 saturated carbocycles. The van der Waals surface area contributed by atoms with Crippen LogP contribution in [0.5, 0.6) is 0 Å². The summed E-state index contributed by atoms with van der Waals surface area (Å²) in [5.41, 5.74) is 1.23. The number of carbonyl (C=O) groups is 1. The number of benzene rings is 2. The van der Waals surface area contributed by atoms with Crippen LogP contribution in [0.3, 0.4) is 0 Å². The van der Waals surface area contributed by atoms with Gasteiger partial charge < -0.3 is 5.32 Å². The number of hydrogen-bond donors (Lipinski definition) is 1. The molecule has 8 heteroatoms. The zero-order valence-corrected chi connectivity index (χ0v) is 14.4. The lowest BCUT2D eigenvalue weighted by molar-refractivity contribution is 0.0950. The first-order valence-electron chi connectivity index (χ1n) is 8.34. The smallest absolute Gasteiger partial charge is 0.251 e. The van der Waals surface area contributed by atoms with E-state index in [2.05, 4.69) is 15.5 Å². The lowest BCUT2D eigenvalue weighted by atomic mass is 10.2. The van der Waals surface area contributed by atoms with E-state index in [1.54, 1.807) is 18.2 Å². The molecular formula is C20H13F3N4O. The minimum atomic E-state index is -0.726. The molecule has 0 bridgehead atoms. The third kappa shape index (κ3) is 3.44. The number of halogens is 3. The van der Waals surface area contributed by atoms with E-state index in [1.165, 1.54) is 28.8 Å². The molecule has 5 nitrogen and oxygen atoms in total. The minimum Gasteiger partial charge on any atom is -0.348 e. The van der Waals surface area contributed by atoms with E-state index in [4.69, 9.17) is 0 Å². The van der Waals surface area contributed by atoms with E-state index in [0.29, 0.717) is 16.8 Å². The lowest BCUT2D eigenvalue weighted by Crippen LogP contribution is -2.23. The third-order valence-electron chi connectivity index (χ3n) is 4.19. The van der Waals surface area contributed by atoms with Gasteiger partial charge in [0.15, 0.2) is 11.5 Å². The SMILES string of the molecule is O=C(NCc1ccccc1F)c1ccn2c(-c3cc(F)cc(F)c3)nnc2c1. The van der Waals surface area contributed by atoms with Crippen molar-refractivity contribution in [3.63, 3.8) is 0 Å². The Kier molecular flexibility index (Phi) is 4.52. The molecule has 2 aromatic heterocycles. The fourth-order valence-corrected chi connectivity index (χ4v) is 2.83. The molecule has 2 aromatic carbocycles. The summed E-state index contributed by atoms with van der Waals surface area (Å²) in [5, 5.41) is 10.5. The van der Waals surface area contributed by atoms with Gasteiger partial charge >= 0.3 is 0 Å². The molecule has 0 saturated heterocycles. The van der Waals surface area contributed by atoms with E-state index in [-0.39, 0.29) is 17.9 Å². The van der Waals surface area contributed by atoms with Gasteiger partial charge in [-0.1, -0.05) is 18.2 Å². The number of pyridine rings is 1. The molecule has 1 N–H and O–H groups in total. The number of aromatic nitrogens is 3. The quantitative estimate of drug-likeness (QED) is 0.585. The van der Waals surface area contributed by atoms with Crippen molar-refractivity contribution in [1.82, 2.24) is 19.9 Å². The Bertz CT molecular complexity index is 1170. The summed E-state index contributed by atoms with van der Waals surface area (Å²) in [6, 6.07) is 12.2. The van der Waals surface area contributed by atoms with Gasteiger partial charge in [0, 0.05) is 35.5 Å². The van der Waals surface area contributed by atoms with Crippen LogP contribution in [0.25, 0.3) is 17.0 Å². The second kappa shape index (κ2) is 7.15. The van der Waals surface area contributed by atoms with Crippen molar-refractivity contribution in [1.29, 1.82) is 0 Å². The van der Waals surface area contributed by atoms with E-state index in [0.717, 1.165) is 18.2 Å². The Balaban J connectivity index is 1.58. The van der Waals surface area contributed by atoms with Crippen LogP contribution >= 0.6 is 0 Å². The van der Waals surface area contributed by atoms with Crippen LogP contribution in [-0.2, 0) is 6.54 Å². The van der Waals surface area contributed by atoms with Crippen molar-refractivity contribution in [2.45, 2.75) is 6.54 Å². The van der Waals surface area contributed by atoms with Gasteiger partial charge in [-0.3, -0.25) is 9.20 Å². The van der Waals surface area contributed by atoms with E-state index >= 15 is 0 Å². The second-order valence-electron chi connectivity index (χ2n) is 6.10. The Morgan fingerprint density at radius 1 is 0.964 bits per heavy atom. The van der Waals surface area contributed by atoms with Crippen LogP contribution in [0, 0.1) is 17.5 Å². The average molecular weight is 382 g/mol. The van der Waals surface area contributed by atoms with Crippen LogP contribution in [0.2, 0.25) is 0 Å². The molecule has 0 radical (unpaired) electrons. The van der Waals surface area contributed by atoms with E-state index in [1.807, 2.05) is 0 Å². The summed E-state index contributed by atoms with van der Waals surface area (Å²) >= 11 is 0. The highest BCUT2D eigenvalue weighted by Gasteiger charge is 2.13. The minimum absolute atomic E-state index is 0.0389. The van der Waals surface area contributed by atoms with Gasteiger partial charge in [-0.2, -0.15) is 0 Å². The maximum Gasteiger partial charge on any atom is 0.251 e. The van der Waals surface area contributed by atoms with Gasteiger partial charge in [-0.25, -0.2) is 13.2 Å².